The van der Waals surface area contributed by atoms with Crippen LogP contribution in [0.25, 0.3) is 0 Å². The van der Waals surface area contributed by atoms with Crippen molar-refractivity contribution >= 4 is 11.8 Å². The molecule has 1 rings (SSSR count). The van der Waals surface area contributed by atoms with E-state index in [2.05, 4.69) is 0 Å². The van der Waals surface area contributed by atoms with Crippen LogP contribution < -0.4 is 11.5 Å². The molecule has 1 aliphatic rings. The quantitative estimate of drug-likeness (QED) is 0.690. The van der Waals surface area contributed by atoms with Gasteiger partial charge < -0.3 is 11.5 Å². The van der Waals surface area contributed by atoms with E-state index >= 15 is 0 Å². The summed E-state index contributed by atoms with van der Waals surface area (Å²) in [6, 6.07) is 0. The zero-order valence-electron chi connectivity index (χ0n) is 8.95. The van der Waals surface area contributed by atoms with Gasteiger partial charge in [0, 0.05) is 11.8 Å². The molecule has 0 aromatic carbocycles. The van der Waals surface area contributed by atoms with Crippen LogP contribution in [0.15, 0.2) is 0 Å². The summed E-state index contributed by atoms with van der Waals surface area (Å²) >= 11 is 0. The summed E-state index contributed by atoms with van der Waals surface area (Å²) in [5.74, 6) is -1.43. The van der Waals surface area contributed by atoms with Crippen LogP contribution in [0.4, 0.5) is 0 Å². The Morgan fingerprint density at radius 1 is 0.929 bits per heavy atom. The molecule has 0 heterocycles. The van der Waals surface area contributed by atoms with Gasteiger partial charge in [0.25, 0.3) is 0 Å². The fourth-order valence-corrected chi connectivity index (χ4v) is 1.81. The molecule has 82 valence electrons. The highest BCUT2D eigenvalue weighted by atomic mass is 16.2. The fraction of sp³-hybridized carbons (Fsp3) is 0.800. The number of rotatable bonds is 2. The molecular formula is C10H20N2O2. The lowest BCUT2D eigenvalue weighted by Gasteiger charge is -2.26. The molecule has 0 aromatic heterocycles. The first-order chi connectivity index (χ1) is 6.63. The molecule has 1 unspecified atom stereocenters. The average molecular weight is 200 g/mol. The fourth-order valence-electron chi connectivity index (χ4n) is 1.81. The second-order valence-corrected chi connectivity index (χ2v) is 3.30. The molecule has 0 aliphatic heterocycles. The monoisotopic (exact) mass is 200 g/mol. The topological polar surface area (TPSA) is 86.2 Å². The summed E-state index contributed by atoms with van der Waals surface area (Å²) in [4.78, 5) is 21.8. The van der Waals surface area contributed by atoms with Gasteiger partial charge in [-0.05, 0) is 12.8 Å². The van der Waals surface area contributed by atoms with Crippen LogP contribution in [0.5, 0.6) is 0 Å². The Labute approximate surface area is 85.0 Å². The van der Waals surface area contributed by atoms with Crippen molar-refractivity contribution < 1.29 is 9.59 Å². The molecular weight excluding hydrogens is 180 g/mol. The van der Waals surface area contributed by atoms with Gasteiger partial charge in [-0.25, -0.2) is 0 Å². The maximum Gasteiger partial charge on any atom is 0.221 e. The third-order valence-electron chi connectivity index (χ3n) is 2.50. The Balaban J connectivity index is 0.000000791. The molecule has 0 spiro atoms. The van der Waals surface area contributed by atoms with E-state index in [1.54, 1.807) is 0 Å². The number of primary amides is 2. The number of nitrogens with two attached hydrogens (primary N) is 2. The zero-order chi connectivity index (χ0) is 11.1. The smallest absolute Gasteiger partial charge is 0.221 e. The molecule has 4 nitrogen and oxygen atoms in total. The lowest BCUT2D eigenvalue weighted by atomic mass is 9.78. The predicted molar refractivity (Wildman–Crippen MR) is 55.2 cm³/mol. The second kappa shape index (κ2) is 6.40. The van der Waals surface area contributed by atoms with E-state index in [-0.39, 0.29) is 11.8 Å². The molecule has 2 atom stereocenters. The molecule has 1 aliphatic carbocycles. The Morgan fingerprint density at radius 3 is 1.43 bits per heavy atom. The van der Waals surface area contributed by atoms with Crippen LogP contribution in [-0.4, -0.2) is 11.8 Å². The van der Waals surface area contributed by atoms with Crippen LogP contribution in [0.2, 0.25) is 0 Å². The molecule has 0 saturated heterocycles. The molecule has 0 radical (unpaired) electrons. The van der Waals surface area contributed by atoms with Crippen LogP contribution in [0.1, 0.15) is 39.5 Å². The van der Waals surface area contributed by atoms with Crippen molar-refractivity contribution in [2.75, 3.05) is 0 Å². The van der Waals surface area contributed by atoms with Crippen molar-refractivity contribution in [3.63, 3.8) is 0 Å². The van der Waals surface area contributed by atoms with E-state index in [0.717, 1.165) is 12.8 Å². The van der Waals surface area contributed by atoms with Crippen molar-refractivity contribution in [3.05, 3.63) is 0 Å². The van der Waals surface area contributed by atoms with Crippen molar-refractivity contribution in [3.8, 4) is 0 Å². The van der Waals surface area contributed by atoms with Gasteiger partial charge in [0.15, 0.2) is 0 Å². The van der Waals surface area contributed by atoms with Crippen molar-refractivity contribution in [1.82, 2.24) is 0 Å². The summed E-state index contributed by atoms with van der Waals surface area (Å²) in [5, 5.41) is 0. The number of carbonyl (C=O) groups is 2. The molecule has 1 saturated carbocycles. The molecule has 4 heteroatoms. The van der Waals surface area contributed by atoms with Crippen LogP contribution in [-0.2, 0) is 9.59 Å². The van der Waals surface area contributed by atoms with Gasteiger partial charge in [-0.2, -0.15) is 0 Å². The maximum atomic E-state index is 10.9. The van der Waals surface area contributed by atoms with E-state index in [4.69, 9.17) is 11.5 Å². The van der Waals surface area contributed by atoms with E-state index < -0.39 is 11.8 Å². The molecule has 4 N–H and O–H groups in total. The Bertz CT molecular complexity index is 182. The Kier molecular flexibility index (Phi) is 5.92. The normalized spacial score (nSPS) is 25.9. The first kappa shape index (κ1) is 12.9. The molecule has 0 aromatic rings. The van der Waals surface area contributed by atoms with Crippen molar-refractivity contribution in [1.29, 1.82) is 0 Å². The average Bonchev–Trinajstić information content (AvgIpc) is 2.20. The highest BCUT2D eigenvalue weighted by Crippen LogP contribution is 2.29. The van der Waals surface area contributed by atoms with Gasteiger partial charge in [0.2, 0.25) is 11.8 Å². The van der Waals surface area contributed by atoms with Gasteiger partial charge in [-0.15, -0.1) is 0 Å². The number of hydrogen-bond donors (Lipinski definition) is 2. The number of amides is 2. The van der Waals surface area contributed by atoms with E-state index in [0.29, 0.717) is 12.8 Å². The van der Waals surface area contributed by atoms with Gasteiger partial charge in [-0.3, -0.25) is 9.59 Å². The van der Waals surface area contributed by atoms with Gasteiger partial charge in [-0.1, -0.05) is 26.7 Å². The molecule has 14 heavy (non-hydrogen) atoms. The minimum atomic E-state index is -0.390. The van der Waals surface area contributed by atoms with Crippen molar-refractivity contribution in [2.24, 2.45) is 23.3 Å². The standard InChI is InChI=1S/C8H14N2O2.C2H6/c9-7(11)5-3-1-2-4-6(5)8(10)12;1-2/h5-6H,1-4H2,(H2,9,11)(H2,10,12);1-2H3/t5-,6?;/m0./s1. The largest absolute Gasteiger partial charge is 0.369 e. The highest BCUT2D eigenvalue weighted by molar-refractivity contribution is 5.86. The zero-order valence-corrected chi connectivity index (χ0v) is 8.95. The first-order valence-corrected chi connectivity index (χ1v) is 5.21. The Hall–Kier alpha value is -1.06. The van der Waals surface area contributed by atoms with Crippen LogP contribution >= 0.6 is 0 Å². The number of carbonyl (C=O) groups excluding carboxylic acids is 2. The summed E-state index contributed by atoms with van der Waals surface area (Å²) < 4.78 is 0. The lowest BCUT2D eigenvalue weighted by Crippen LogP contribution is -2.39. The first-order valence-electron chi connectivity index (χ1n) is 5.21. The van der Waals surface area contributed by atoms with E-state index in [1.807, 2.05) is 13.8 Å². The molecule has 2 amide bonds. The van der Waals surface area contributed by atoms with Gasteiger partial charge >= 0.3 is 0 Å². The highest BCUT2D eigenvalue weighted by Gasteiger charge is 2.32. The summed E-state index contributed by atoms with van der Waals surface area (Å²) in [6.07, 6.45) is 3.36. The van der Waals surface area contributed by atoms with Crippen molar-refractivity contribution in [2.45, 2.75) is 39.5 Å². The third-order valence-corrected chi connectivity index (χ3v) is 2.50. The van der Waals surface area contributed by atoms with Crippen LogP contribution in [0.3, 0.4) is 0 Å². The van der Waals surface area contributed by atoms with Gasteiger partial charge in [0.05, 0.1) is 0 Å². The predicted octanol–water partition coefficient (Wildman–Crippen LogP) is 0.790. The minimum absolute atomic E-state index is 0.323. The second-order valence-electron chi connectivity index (χ2n) is 3.30. The Morgan fingerprint density at radius 2 is 1.21 bits per heavy atom. The van der Waals surface area contributed by atoms with E-state index in [1.165, 1.54) is 0 Å². The van der Waals surface area contributed by atoms with Gasteiger partial charge in [0.1, 0.15) is 0 Å². The summed E-state index contributed by atoms with van der Waals surface area (Å²) in [7, 11) is 0. The SMILES string of the molecule is CC.NC(=O)C1CCCC[C@@H]1C(N)=O. The van der Waals surface area contributed by atoms with E-state index in [9.17, 15) is 9.59 Å². The summed E-state index contributed by atoms with van der Waals surface area (Å²) in [6.45, 7) is 4.00. The molecule has 1 fully saturated rings. The number of hydrogen-bond acceptors (Lipinski definition) is 2. The maximum absolute atomic E-state index is 10.9. The molecule has 0 bridgehead atoms. The minimum Gasteiger partial charge on any atom is -0.369 e. The lowest BCUT2D eigenvalue weighted by molar-refractivity contribution is -0.133. The third kappa shape index (κ3) is 3.36. The summed E-state index contributed by atoms with van der Waals surface area (Å²) in [5.41, 5.74) is 10.3. The van der Waals surface area contributed by atoms with Crippen LogP contribution in [0, 0.1) is 11.8 Å².